The maximum Gasteiger partial charge on any atom is 0.0724 e. The lowest BCUT2D eigenvalue weighted by molar-refractivity contribution is -0.0341. The Balaban J connectivity index is 2.11. The first kappa shape index (κ1) is 10.4. The van der Waals surface area contributed by atoms with Gasteiger partial charge < -0.3 is 14.7 Å². The summed E-state index contributed by atoms with van der Waals surface area (Å²) >= 11 is 0. The highest BCUT2D eigenvalue weighted by Crippen LogP contribution is 2.40. The van der Waals surface area contributed by atoms with Gasteiger partial charge in [-0.1, -0.05) is 6.92 Å². The summed E-state index contributed by atoms with van der Waals surface area (Å²) in [5.41, 5.74) is 0. The van der Waals surface area contributed by atoms with E-state index in [1.807, 2.05) is 0 Å². The topological polar surface area (TPSA) is 32.7 Å². The Morgan fingerprint density at radius 2 is 2.00 bits per heavy atom. The summed E-state index contributed by atoms with van der Waals surface area (Å²) in [5.74, 6) is 1.63. The smallest absolute Gasteiger partial charge is 0.0724 e. The van der Waals surface area contributed by atoms with E-state index < -0.39 is 0 Å². The Labute approximate surface area is 86.0 Å². The molecule has 0 amide bonds. The minimum atomic E-state index is -0.187. The highest BCUT2D eigenvalue weighted by atomic mass is 16.5. The molecule has 1 aliphatic heterocycles. The lowest BCUT2D eigenvalue weighted by Crippen LogP contribution is -2.51. The zero-order valence-corrected chi connectivity index (χ0v) is 9.31. The number of hydrogen-bond donors (Lipinski definition) is 1. The fourth-order valence-corrected chi connectivity index (χ4v) is 3.01. The Morgan fingerprint density at radius 1 is 1.29 bits per heavy atom. The molecule has 3 nitrogen and oxygen atoms in total. The van der Waals surface area contributed by atoms with E-state index in [-0.39, 0.29) is 6.10 Å². The lowest BCUT2D eigenvalue weighted by atomic mass is 9.70. The first-order valence-corrected chi connectivity index (χ1v) is 5.53. The van der Waals surface area contributed by atoms with Crippen molar-refractivity contribution in [2.24, 2.45) is 17.8 Å². The third kappa shape index (κ3) is 1.58. The molecule has 0 bridgehead atoms. The van der Waals surface area contributed by atoms with Crippen molar-refractivity contribution in [3.05, 3.63) is 0 Å². The number of fused-ring (bicyclic) bond motifs is 1. The molecule has 2 fully saturated rings. The molecular formula is C11H21NO2. The van der Waals surface area contributed by atoms with Crippen LogP contribution in [-0.4, -0.2) is 49.5 Å². The van der Waals surface area contributed by atoms with Gasteiger partial charge in [-0.15, -0.1) is 0 Å². The van der Waals surface area contributed by atoms with Gasteiger partial charge in [-0.05, 0) is 38.3 Å². The molecule has 5 atom stereocenters. The van der Waals surface area contributed by atoms with Gasteiger partial charge in [-0.3, -0.25) is 0 Å². The summed E-state index contributed by atoms with van der Waals surface area (Å²) in [4.78, 5) is 2.15. The lowest BCUT2D eigenvalue weighted by Gasteiger charge is -2.42. The van der Waals surface area contributed by atoms with Crippen molar-refractivity contribution in [3.63, 3.8) is 0 Å². The fraction of sp³-hybridized carbons (Fsp3) is 1.00. The first-order valence-electron chi connectivity index (χ1n) is 5.53. The number of nitrogens with zero attached hydrogens (tertiary/aromatic N) is 1. The standard InChI is InChI=1S/C11H21NO2/c1-7-9-6-14-5-8(9)4-10(11(7)13)12(2)3/h7-11,13H,4-6H2,1-3H3/t7-,8-,9+,10+,11+/m1/s1. The van der Waals surface area contributed by atoms with Gasteiger partial charge in [0.15, 0.2) is 0 Å². The molecule has 2 rings (SSSR count). The van der Waals surface area contributed by atoms with E-state index in [9.17, 15) is 5.11 Å². The van der Waals surface area contributed by atoms with Crippen LogP contribution in [0.25, 0.3) is 0 Å². The van der Waals surface area contributed by atoms with Gasteiger partial charge in [-0.2, -0.15) is 0 Å². The number of ether oxygens (including phenoxy) is 1. The second-order valence-electron chi connectivity index (χ2n) is 5.08. The molecule has 1 heterocycles. The van der Waals surface area contributed by atoms with Gasteiger partial charge in [-0.25, -0.2) is 0 Å². The van der Waals surface area contributed by atoms with Crippen molar-refractivity contribution in [2.75, 3.05) is 27.3 Å². The average Bonchev–Trinajstić information content (AvgIpc) is 2.58. The molecule has 14 heavy (non-hydrogen) atoms. The summed E-state index contributed by atoms with van der Waals surface area (Å²) in [7, 11) is 4.10. The molecular weight excluding hydrogens is 178 g/mol. The molecule has 0 aromatic rings. The first-order chi connectivity index (χ1) is 6.61. The van der Waals surface area contributed by atoms with Crippen LogP contribution in [0.2, 0.25) is 0 Å². The Bertz CT molecular complexity index is 205. The SMILES string of the molecule is C[C@H]1[C@H](O)[C@@H](N(C)C)C[C@@H]2COC[C@H]21. The Morgan fingerprint density at radius 3 is 2.64 bits per heavy atom. The van der Waals surface area contributed by atoms with Crippen molar-refractivity contribution >= 4 is 0 Å². The second-order valence-corrected chi connectivity index (χ2v) is 5.08. The minimum absolute atomic E-state index is 0.187. The summed E-state index contributed by atoms with van der Waals surface area (Å²) < 4.78 is 5.51. The molecule has 82 valence electrons. The van der Waals surface area contributed by atoms with Crippen LogP contribution in [-0.2, 0) is 4.74 Å². The van der Waals surface area contributed by atoms with Crippen molar-refractivity contribution in [2.45, 2.75) is 25.5 Å². The van der Waals surface area contributed by atoms with Crippen molar-refractivity contribution < 1.29 is 9.84 Å². The van der Waals surface area contributed by atoms with Gasteiger partial charge in [0.1, 0.15) is 0 Å². The van der Waals surface area contributed by atoms with Gasteiger partial charge in [0.25, 0.3) is 0 Å². The van der Waals surface area contributed by atoms with Crippen LogP contribution in [0.3, 0.4) is 0 Å². The zero-order chi connectivity index (χ0) is 10.3. The monoisotopic (exact) mass is 199 g/mol. The van der Waals surface area contributed by atoms with E-state index >= 15 is 0 Å². The van der Waals surface area contributed by atoms with E-state index in [4.69, 9.17) is 4.74 Å². The summed E-state index contributed by atoms with van der Waals surface area (Å²) in [6.45, 7) is 3.90. The predicted octanol–water partition coefficient (Wildman–Crippen LogP) is 0.580. The summed E-state index contributed by atoms with van der Waals surface area (Å²) in [6.07, 6.45) is 0.899. The number of rotatable bonds is 1. The normalized spacial score (nSPS) is 48.2. The minimum Gasteiger partial charge on any atom is -0.391 e. The fourth-order valence-electron chi connectivity index (χ4n) is 3.01. The number of aliphatic hydroxyl groups is 1. The molecule has 2 aliphatic rings. The van der Waals surface area contributed by atoms with Crippen LogP contribution in [0.1, 0.15) is 13.3 Å². The van der Waals surface area contributed by atoms with Crippen LogP contribution >= 0.6 is 0 Å². The van der Waals surface area contributed by atoms with Crippen LogP contribution in [0.15, 0.2) is 0 Å². The summed E-state index contributed by atoms with van der Waals surface area (Å²) in [5, 5.41) is 10.2. The highest BCUT2D eigenvalue weighted by Gasteiger charge is 2.44. The average molecular weight is 199 g/mol. The largest absolute Gasteiger partial charge is 0.391 e. The molecule has 0 aromatic heterocycles. The highest BCUT2D eigenvalue weighted by molar-refractivity contribution is 4.95. The molecule has 0 spiro atoms. The molecule has 0 radical (unpaired) electrons. The van der Waals surface area contributed by atoms with Crippen molar-refractivity contribution in [1.82, 2.24) is 4.90 Å². The van der Waals surface area contributed by atoms with Gasteiger partial charge in [0.05, 0.1) is 12.7 Å². The Hall–Kier alpha value is -0.120. The predicted molar refractivity (Wildman–Crippen MR) is 55.1 cm³/mol. The van der Waals surface area contributed by atoms with Crippen LogP contribution in [0, 0.1) is 17.8 Å². The van der Waals surface area contributed by atoms with Gasteiger partial charge >= 0.3 is 0 Å². The van der Waals surface area contributed by atoms with Gasteiger partial charge in [0, 0.05) is 12.6 Å². The van der Waals surface area contributed by atoms with E-state index in [1.54, 1.807) is 0 Å². The second kappa shape index (κ2) is 3.80. The zero-order valence-electron chi connectivity index (χ0n) is 9.31. The van der Waals surface area contributed by atoms with E-state index in [0.29, 0.717) is 23.8 Å². The van der Waals surface area contributed by atoms with Crippen molar-refractivity contribution in [3.8, 4) is 0 Å². The summed E-state index contributed by atoms with van der Waals surface area (Å²) in [6, 6.07) is 0.313. The third-order valence-electron chi connectivity index (χ3n) is 4.06. The van der Waals surface area contributed by atoms with Gasteiger partial charge in [0.2, 0.25) is 0 Å². The Kier molecular flexibility index (Phi) is 2.82. The molecule has 1 aliphatic carbocycles. The maximum atomic E-state index is 10.2. The van der Waals surface area contributed by atoms with E-state index in [2.05, 4.69) is 25.9 Å². The molecule has 1 saturated heterocycles. The third-order valence-corrected chi connectivity index (χ3v) is 4.06. The van der Waals surface area contributed by atoms with E-state index in [1.165, 1.54) is 0 Å². The maximum absolute atomic E-state index is 10.2. The van der Waals surface area contributed by atoms with Crippen LogP contribution < -0.4 is 0 Å². The number of aliphatic hydroxyl groups excluding tert-OH is 1. The quantitative estimate of drug-likeness (QED) is 0.670. The number of hydrogen-bond acceptors (Lipinski definition) is 3. The van der Waals surface area contributed by atoms with Crippen molar-refractivity contribution in [1.29, 1.82) is 0 Å². The molecule has 0 aromatic carbocycles. The molecule has 1 saturated carbocycles. The molecule has 3 heteroatoms. The van der Waals surface area contributed by atoms with Crippen LogP contribution in [0.5, 0.6) is 0 Å². The number of likely N-dealkylation sites (N-methyl/N-ethyl adjacent to an activating group) is 1. The molecule has 1 N–H and O–H groups in total. The molecule has 0 unspecified atom stereocenters. The van der Waals surface area contributed by atoms with Crippen LogP contribution in [0.4, 0.5) is 0 Å². The van der Waals surface area contributed by atoms with E-state index in [0.717, 1.165) is 19.6 Å².